The van der Waals surface area contributed by atoms with Gasteiger partial charge >= 0.3 is 0 Å². The first-order valence-electron chi connectivity index (χ1n) is 6.61. The molecule has 0 radical (unpaired) electrons. The van der Waals surface area contributed by atoms with Gasteiger partial charge in [0.05, 0.1) is 23.9 Å². The third-order valence-corrected chi connectivity index (χ3v) is 3.40. The smallest absolute Gasteiger partial charge is 0.0997 e. The number of nitrogens with zero attached hydrogens (tertiary/aromatic N) is 3. The summed E-state index contributed by atoms with van der Waals surface area (Å²) in [6.07, 6.45) is 8.07. The highest BCUT2D eigenvalue weighted by atomic mass is 15.1. The fourth-order valence-electron chi connectivity index (χ4n) is 2.35. The molecule has 0 spiro atoms. The molecule has 1 aromatic carbocycles. The van der Waals surface area contributed by atoms with E-state index in [1.54, 1.807) is 18.5 Å². The van der Waals surface area contributed by atoms with E-state index in [1.165, 1.54) is 5.56 Å². The van der Waals surface area contributed by atoms with Crippen molar-refractivity contribution < 1.29 is 0 Å². The topological polar surface area (TPSA) is 56.7 Å². The summed E-state index contributed by atoms with van der Waals surface area (Å²) < 4.78 is 2.06. The van der Waals surface area contributed by atoms with Gasteiger partial charge in [-0.2, -0.15) is 0 Å². The fraction of sp³-hybridized carbons (Fsp3) is 0.125. The Kier molecular flexibility index (Phi) is 3.21. The zero-order valence-electron chi connectivity index (χ0n) is 11.3. The number of hydrogen-bond donors (Lipinski definition) is 1. The molecular weight excluding hydrogens is 248 g/mol. The minimum atomic E-state index is 0.704. The van der Waals surface area contributed by atoms with E-state index >= 15 is 0 Å². The molecule has 2 N–H and O–H groups in total. The summed E-state index contributed by atoms with van der Waals surface area (Å²) >= 11 is 0. The van der Waals surface area contributed by atoms with Gasteiger partial charge in [0, 0.05) is 23.6 Å². The molecule has 0 saturated heterocycles. The quantitative estimate of drug-likeness (QED) is 0.791. The van der Waals surface area contributed by atoms with Crippen molar-refractivity contribution in [3.63, 3.8) is 0 Å². The van der Waals surface area contributed by atoms with Crippen LogP contribution in [0.3, 0.4) is 0 Å². The third kappa shape index (κ3) is 2.05. The second-order valence-electron chi connectivity index (χ2n) is 4.59. The molecule has 0 fully saturated rings. The summed E-state index contributed by atoms with van der Waals surface area (Å²) in [7, 11) is 0. The molecule has 3 aromatic rings. The molecule has 0 unspecified atom stereocenters. The maximum atomic E-state index is 6.05. The summed E-state index contributed by atoms with van der Waals surface area (Å²) in [5, 5.41) is 0. The second-order valence-corrected chi connectivity index (χ2v) is 4.59. The molecule has 4 heteroatoms. The molecule has 0 atom stereocenters. The molecule has 2 heterocycles. The molecule has 2 aromatic heterocycles. The number of aryl methyl sites for hydroxylation is 1. The van der Waals surface area contributed by atoms with Crippen LogP contribution in [0.2, 0.25) is 0 Å². The number of nitrogen functional groups attached to an aromatic ring is 1. The first-order valence-corrected chi connectivity index (χ1v) is 6.61. The number of nitrogens with two attached hydrogens (primary N) is 1. The summed E-state index contributed by atoms with van der Waals surface area (Å²) in [4.78, 5) is 8.43. The van der Waals surface area contributed by atoms with Gasteiger partial charge in [0.25, 0.3) is 0 Å². The van der Waals surface area contributed by atoms with Gasteiger partial charge in [-0.15, -0.1) is 0 Å². The summed E-state index contributed by atoms with van der Waals surface area (Å²) in [5.41, 5.74) is 11.0. The Labute approximate surface area is 117 Å². The number of aromatic nitrogens is 3. The molecule has 100 valence electrons. The Morgan fingerprint density at radius 1 is 1.10 bits per heavy atom. The number of anilines is 1. The zero-order chi connectivity index (χ0) is 13.9. The van der Waals surface area contributed by atoms with Crippen molar-refractivity contribution in [2.45, 2.75) is 13.3 Å². The Morgan fingerprint density at radius 2 is 1.95 bits per heavy atom. The SMILES string of the molecule is CCc1ccccc1-n1cncc1-c1cnccc1N. The van der Waals surface area contributed by atoms with E-state index < -0.39 is 0 Å². The normalized spacial score (nSPS) is 10.7. The van der Waals surface area contributed by atoms with Crippen molar-refractivity contribution >= 4 is 5.69 Å². The van der Waals surface area contributed by atoms with Gasteiger partial charge in [0.15, 0.2) is 0 Å². The summed E-state index contributed by atoms with van der Waals surface area (Å²) in [6, 6.07) is 10.1. The lowest BCUT2D eigenvalue weighted by molar-refractivity contribution is 1.01. The molecule has 0 aliphatic heterocycles. The van der Waals surface area contributed by atoms with E-state index in [1.807, 2.05) is 18.6 Å². The number of rotatable bonds is 3. The van der Waals surface area contributed by atoms with E-state index in [-0.39, 0.29) is 0 Å². The zero-order valence-corrected chi connectivity index (χ0v) is 11.3. The van der Waals surface area contributed by atoms with Gasteiger partial charge in [-0.05, 0) is 24.1 Å². The highest BCUT2D eigenvalue weighted by Gasteiger charge is 2.11. The van der Waals surface area contributed by atoms with Gasteiger partial charge in [0.2, 0.25) is 0 Å². The molecule has 20 heavy (non-hydrogen) atoms. The highest BCUT2D eigenvalue weighted by Crippen LogP contribution is 2.28. The van der Waals surface area contributed by atoms with Crippen LogP contribution in [0.25, 0.3) is 16.9 Å². The molecule has 3 rings (SSSR count). The molecule has 0 amide bonds. The van der Waals surface area contributed by atoms with Gasteiger partial charge in [-0.25, -0.2) is 4.98 Å². The fourth-order valence-corrected chi connectivity index (χ4v) is 2.35. The second kappa shape index (κ2) is 5.17. The van der Waals surface area contributed by atoms with E-state index in [4.69, 9.17) is 5.73 Å². The lowest BCUT2D eigenvalue weighted by Crippen LogP contribution is -2.01. The third-order valence-electron chi connectivity index (χ3n) is 3.40. The lowest BCUT2D eigenvalue weighted by Gasteiger charge is -2.13. The van der Waals surface area contributed by atoms with Gasteiger partial charge in [-0.1, -0.05) is 25.1 Å². The number of hydrogen-bond acceptors (Lipinski definition) is 3. The Morgan fingerprint density at radius 3 is 2.75 bits per heavy atom. The standard InChI is InChI=1S/C16H16N4/c1-2-12-5-3-4-6-15(12)20-11-19-10-16(20)13-9-18-8-7-14(13)17/h3-11H,2H2,1H3,(H2,17,18). The van der Waals surface area contributed by atoms with Crippen molar-refractivity contribution in [2.24, 2.45) is 0 Å². The van der Waals surface area contributed by atoms with Crippen molar-refractivity contribution in [1.29, 1.82) is 0 Å². The predicted molar refractivity (Wildman–Crippen MR) is 80.6 cm³/mol. The Hall–Kier alpha value is -2.62. The minimum absolute atomic E-state index is 0.704. The first-order chi connectivity index (χ1) is 9.81. The monoisotopic (exact) mass is 264 g/mol. The van der Waals surface area contributed by atoms with Crippen LogP contribution < -0.4 is 5.73 Å². The lowest BCUT2D eigenvalue weighted by atomic mass is 10.1. The predicted octanol–water partition coefficient (Wildman–Crippen LogP) is 3.08. The van der Waals surface area contributed by atoms with E-state index in [0.29, 0.717) is 5.69 Å². The van der Waals surface area contributed by atoms with Crippen LogP contribution in [0, 0.1) is 0 Å². The van der Waals surface area contributed by atoms with Crippen LogP contribution in [-0.2, 0) is 6.42 Å². The van der Waals surface area contributed by atoms with Crippen LogP contribution in [-0.4, -0.2) is 14.5 Å². The maximum absolute atomic E-state index is 6.05. The molecule has 0 aliphatic carbocycles. The Balaban J connectivity index is 2.19. The molecular formula is C16H16N4. The van der Waals surface area contributed by atoms with E-state index in [0.717, 1.165) is 23.4 Å². The highest BCUT2D eigenvalue weighted by molar-refractivity contribution is 5.74. The number of pyridine rings is 1. The number of benzene rings is 1. The average molecular weight is 264 g/mol. The van der Waals surface area contributed by atoms with Gasteiger partial charge in [0.1, 0.15) is 0 Å². The van der Waals surface area contributed by atoms with Crippen LogP contribution >= 0.6 is 0 Å². The van der Waals surface area contributed by atoms with Crippen LogP contribution in [0.4, 0.5) is 5.69 Å². The average Bonchev–Trinajstić information content (AvgIpc) is 2.96. The molecule has 4 nitrogen and oxygen atoms in total. The van der Waals surface area contributed by atoms with Crippen LogP contribution in [0.1, 0.15) is 12.5 Å². The maximum Gasteiger partial charge on any atom is 0.0997 e. The van der Waals surface area contributed by atoms with Crippen molar-refractivity contribution in [3.8, 4) is 16.9 Å². The first kappa shape index (κ1) is 12.4. The molecule has 0 bridgehead atoms. The van der Waals surface area contributed by atoms with Gasteiger partial charge in [-0.3, -0.25) is 9.55 Å². The van der Waals surface area contributed by atoms with Crippen LogP contribution in [0.5, 0.6) is 0 Å². The number of para-hydroxylation sites is 1. The summed E-state index contributed by atoms with van der Waals surface area (Å²) in [6.45, 7) is 2.15. The van der Waals surface area contributed by atoms with Crippen molar-refractivity contribution in [3.05, 3.63) is 60.8 Å². The number of imidazole rings is 1. The van der Waals surface area contributed by atoms with Gasteiger partial charge < -0.3 is 5.73 Å². The van der Waals surface area contributed by atoms with E-state index in [2.05, 4.69) is 39.7 Å². The Bertz CT molecular complexity index is 731. The van der Waals surface area contributed by atoms with E-state index in [9.17, 15) is 0 Å². The minimum Gasteiger partial charge on any atom is -0.398 e. The van der Waals surface area contributed by atoms with Crippen LogP contribution in [0.15, 0.2) is 55.2 Å². The molecule has 0 aliphatic rings. The van der Waals surface area contributed by atoms with Crippen molar-refractivity contribution in [1.82, 2.24) is 14.5 Å². The summed E-state index contributed by atoms with van der Waals surface area (Å²) in [5.74, 6) is 0. The largest absolute Gasteiger partial charge is 0.398 e. The van der Waals surface area contributed by atoms with Crippen molar-refractivity contribution in [2.75, 3.05) is 5.73 Å². The molecule has 0 saturated carbocycles.